The molecule has 2 aliphatic heterocycles. The average molecular weight is 506 g/mol. The van der Waals surface area contributed by atoms with E-state index in [2.05, 4.69) is 56.0 Å². The molecular formula is C25H31N9OS. The number of hydrogen-bond donors (Lipinski definition) is 1. The van der Waals surface area contributed by atoms with Crippen LogP contribution in [0.1, 0.15) is 18.7 Å². The monoisotopic (exact) mass is 505 g/mol. The number of ether oxygens (including phenoxy) is 1. The van der Waals surface area contributed by atoms with Crippen LogP contribution in [-0.4, -0.2) is 81.9 Å². The second kappa shape index (κ2) is 9.64. The third-order valence-corrected chi connectivity index (χ3v) is 7.69. The lowest BCUT2D eigenvalue weighted by Crippen LogP contribution is -2.42. The number of nitrogens with zero attached hydrogens (tertiary/aromatic N) is 8. The Bertz CT molecular complexity index is 1320. The van der Waals surface area contributed by atoms with Gasteiger partial charge in [-0.05, 0) is 64.2 Å². The van der Waals surface area contributed by atoms with Crippen molar-refractivity contribution in [3.63, 3.8) is 0 Å². The van der Waals surface area contributed by atoms with Gasteiger partial charge in [-0.2, -0.15) is 9.97 Å². The van der Waals surface area contributed by atoms with Gasteiger partial charge in [-0.15, -0.1) is 11.3 Å². The van der Waals surface area contributed by atoms with Gasteiger partial charge in [0.2, 0.25) is 5.95 Å². The van der Waals surface area contributed by atoms with Gasteiger partial charge in [0.05, 0.1) is 18.7 Å². The van der Waals surface area contributed by atoms with Crippen LogP contribution in [0.15, 0.2) is 35.2 Å². The minimum absolute atomic E-state index is 0.268. The summed E-state index contributed by atoms with van der Waals surface area (Å²) in [7, 11) is 2.17. The van der Waals surface area contributed by atoms with Crippen LogP contribution in [0.2, 0.25) is 0 Å². The highest BCUT2D eigenvalue weighted by molar-refractivity contribution is 7.07. The van der Waals surface area contributed by atoms with Crippen molar-refractivity contribution in [1.82, 2.24) is 29.4 Å². The van der Waals surface area contributed by atoms with Gasteiger partial charge in [0.1, 0.15) is 5.82 Å². The number of imidazole rings is 1. The van der Waals surface area contributed by atoms with Crippen molar-refractivity contribution in [2.75, 3.05) is 62.0 Å². The van der Waals surface area contributed by atoms with E-state index < -0.39 is 0 Å². The van der Waals surface area contributed by atoms with Crippen molar-refractivity contribution in [3.8, 4) is 5.82 Å². The number of benzene rings is 1. The number of anilines is 4. The average Bonchev–Trinajstić information content (AvgIpc) is 3.54. The number of thiazole rings is 1. The second-order valence-electron chi connectivity index (χ2n) is 9.44. The maximum atomic E-state index is 6.48. The Labute approximate surface area is 214 Å². The Hall–Kier alpha value is -3.28. The zero-order valence-electron chi connectivity index (χ0n) is 20.7. The summed E-state index contributed by atoms with van der Waals surface area (Å²) in [6.45, 7) is 7.36. The quantitative estimate of drug-likeness (QED) is 0.438. The standard InChI is InChI=1S/C25H31N9OS/c1-17-28-22-23(26)29-25(30-24(22)33(17)21-15-36-16-27-21)34(20-7-9-31(2)10-8-20)19-5-3-18(4-6-19)32-11-13-35-14-12-32/h3-6,15-16,20H,7-14H2,1-2H3,(H2,26,29,30). The molecule has 0 unspecified atom stereocenters. The van der Waals surface area contributed by atoms with Crippen LogP contribution in [-0.2, 0) is 4.74 Å². The van der Waals surface area contributed by atoms with Gasteiger partial charge in [-0.1, -0.05) is 0 Å². The van der Waals surface area contributed by atoms with Crippen LogP contribution in [0, 0.1) is 6.92 Å². The molecule has 2 saturated heterocycles. The molecule has 188 valence electrons. The fraction of sp³-hybridized carbons (Fsp3) is 0.440. The fourth-order valence-electron chi connectivity index (χ4n) is 5.16. The number of aryl methyl sites for hydroxylation is 1. The van der Waals surface area contributed by atoms with E-state index in [0.717, 1.165) is 69.6 Å². The summed E-state index contributed by atoms with van der Waals surface area (Å²) in [5, 5.41) is 1.99. The van der Waals surface area contributed by atoms with Crippen LogP contribution in [0.3, 0.4) is 0 Å². The third-order valence-electron chi connectivity index (χ3n) is 7.11. The van der Waals surface area contributed by atoms with E-state index in [-0.39, 0.29) is 6.04 Å². The van der Waals surface area contributed by atoms with Gasteiger partial charge in [0, 0.05) is 35.9 Å². The number of morpholine rings is 1. The third kappa shape index (κ3) is 4.27. The minimum atomic E-state index is 0.268. The van der Waals surface area contributed by atoms with Gasteiger partial charge >= 0.3 is 0 Å². The summed E-state index contributed by atoms with van der Waals surface area (Å²) in [5.74, 6) is 2.57. The molecule has 3 aromatic heterocycles. The molecule has 2 N–H and O–H groups in total. The van der Waals surface area contributed by atoms with Crippen molar-refractivity contribution in [2.45, 2.75) is 25.8 Å². The molecule has 0 saturated carbocycles. The molecule has 0 amide bonds. The molecule has 0 bridgehead atoms. The summed E-state index contributed by atoms with van der Waals surface area (Å²) >= 11 is 1.54. The number of rotatable bonds is 5. The van der Waals surface area contributed by atoms with Crippen LogP contribution in [0.5, 0.6) is 0 Å². The first-order valence-corrected chi connectivity index (χ1v) is 13.3. The Morgan fingerprint density at radius 1 is 1.03 bits per heavy atom. The van der Waals surface area contributed by atoms with E-state index in [9.17, 15) is 0 Å². The second-order valence-corrected chi connectivity index (χ2v) is 10.2. The van der Waals surface area contributed by atoms with E-state index in [1.165, 1.54) is 5.69 Å². The van der Waals surface area contributed by atoms with Gasteiger partial charge < -0.3 is 25.2 Å². The van der Waals surface area contributed by atoms with Crippen LogP contribution in [0.25, 0.3) is 17.0 Å². The summed E-state index contributed by atoms with van der Waals surface area (Å²) in [6, 6.07) is 9.00. The van der Waals surface area contributed by atoms with Crippen LogP contribution < -0.4 is 15.5 Å². The summed E-state index contributed by atoms with van der Waals surface area (Å²) in [4.78, 5) is 26.0. The number of likely N-dealkylation sites (tertiary alicyclic amines) is 1. The maximum Gasteiger partial charge on any atom is 0.234 e. The molecule has 0 aliphatic carbocycles. The highest BCUT2D eigenvalue weighted by Crippen LogP contribution is 2.34. The van der Waals surface area contributed by atoms with E-state index >= 15 is 0 Å². The molecule has 0 radical (unpaired) electrons. The SMILES string of the molecule is Cc1nc2c(N)nc(N(c3ccc(N4CCOCC4)cc3)C3CCN(C)CC3)nc2n1-c1cscn1. The number of piperidine rings is 1. The van der Waals surface area contributed by atoms with Gasteiger partial charge in [0.25, 0.3) is 0 Å². The molecule has 11 heteroatoms. The van der Waals surface area contributed by atoms with E-state index in [4.69, 9.17) is 20.4 Å². The smallest absolute Gasteiger partial charge is 0.234 e. The lowest BCUT2D eigenvalue weighted by Gasteiger charge is -2.37. The fourth-order valence-corrected chi connectivity index (χ4v) is 5.68. The molecule has 1 aromatic carbocycles. The van der Waals surface area contributed by atoms with E-state index in [0.29, 0.717) is 22.9 Å². The molecular weight excluding hydrogens is 474 g/mol. The number of fused-ring (bicyclic) bond motifs is 1. The number of nitrogen functional groups attached to an aromatic ring is 1. The summed E-state index contributed by atoms with van der Waals surface area (Å²) in [5.41, 5.74) is 11.9. The van der Waals surface area contributed by atoms with Gasteiger partial charge in [-0.25, -0.2) is 9.97 Å². The van der Waals surface area contributed by atoms with Crippen molar-refractivity contribution >= 4 is 45.6 Å². The lowest BCUT2D eigenvalue weighted by atomic mass is 10.0. The first kappa shape index (κ1) is 23.1. The van der Waals surface area contributed by atoms with Gasteiger partial charge in [-0.3, -0.25) is 4.57 Å². The molecule has 0 spiro atoms. The van der Waals surface area contributed by atoms with Crippen molar-refractivity contribution < 1.29 is 4.74 Å². The number of nitrogens with two attached hydrogens (primary N) is 1. The highest BCUT2D eigenvalue weighted by atomic mass is 32.1. The number of hydrogen-bond acceptors (Lipinski definition) is 10. The minimum Gasteiger partial charge on any atom is -0.382 e. The molecule has 2 aliphatic rings. The first-order valence-electron chi connectivity index (χ1n) is 12.4. The summed E-state index contributed by atoms with van der Waals surface area (Å²) < 4.78 is 7.48. The Kier molecular flexibility index (Phi) is 6.20. The number of aromatic nitrogens is 5. The predicted octanol–water partition coefficient (Wildman–Crippen LogP) is 3.23. The van der Waals surface area contributed by atoms with Gasteiger partial charge in [0.15, 0.2) is 22.8 Å². The zero-order valence-corrected chi connectivity index (χ0v) is 21.5. The first-order chi connectivity index (χ1) is 17.6. The van der Waals surface area contributed by atoms with Crippen LogP contribution >= 0.6 is 11.3 Å². The highest BCUT2D eigenvalue weighted by Gasteiger charge is 2.29. The lowest BCUT2D eigenvalue weighted by molar-refractivity contribution is 0.122. The predicted molar refractivity (Wildman–Crippen MR) is 144 cm³/mol. The molecule has 2 fully saturated rings. The molecule has 4 aromatic rings. The van der Waals surface area contributed by atoms with Crippen LogP contribution in [0.4, 0.5) is 23.1 Å². The molecule has 36 heavy (non-hydrogen) atoms. The molecule has 6 rings (SSSR count). The largest absolute Gasteiger partial charge is 0.382 e. The maximum absolute atomic E-state index is 6.48. The van der Waals surface area contributed by atoms with Crippen molar-refractivity contribution in [3.05, 3.63) is 41.0 Å². The van der Waals surface area contributed by atoms with E-state index in [1.54, 1.807) is 11.3 Å². The Balaban J connectivity index is 1.43. The van der Waals surface area contributed by atoms with Crippen molar-refractivity contribution in [2.24, 2.45) is 0 Å². The van der Waals surface area contributed by atoms with E-state index in [1.807, 2.05) is 22.4 Å². The topological polar surface area (TPSA) is 101 Å². The Morgan fingerprint density at radius 2 is 1.78 bits per heavy atom. The molecule has 0 atom stereocenters. The molecule has 5 heterocycles. The zero-order chi connectivity index (χ0) is 24.6. The van der Waals surface area contributed by atoms with Crippen molar-refractivity contribution in [1.29, 1.82) is 0 Å². The normalized spacial score (nSPS) is 17.7. The molecule has 10 nitrogen and oxygen atoms in total. The summed E-state index contributed by atoms with van der Waals surface area (Å²) in [6.07, 6.45) is 2.04. The Morgan fingerprint density at radius 3 is 2.47 bits per heavy atom.